The molecule has 1 N–H and O–H groups in total. The first-order valence-corrected chi connectivity index (χ1v) is 5.94. The molecule has 0 aliphatic heterocycles. The van der Waals surface area contributed by atoms with Crippen LogP contribution in [0, 0.1) is 19.7 Å². The molecule has 0 spiro atoms. The van der Waals surface area contributed by atoms with Gasteiger partial charge in [0, 0.05) is 23.3 Å². The summed E-state index contributed by atoms with van der Waals surface area (Å²) in [6, 6.07) is 5.09. The van der Waals surface area contributed by atoms with Gasteiger partial charge in [-0.05, 0) is 31.9 Å². The summed E-state index contributed by atoms with van der Waals surface area (Å²) in [6.07, 6.45) is 1.04. The zero-order valence-corrected chi connectivity index (χ0v) is 10.5. The number of aromatic nitrogens is 1. The molecule has 1 heterocycles. The van der Waals surface area contributed by atoms with E-state index in [1.165, 1.54) is 6.07 Å². The Bertz CT molecular complexity index is 549. The van der Waals surface area contributed by atoms with Gasteiger partial charge < -0.3 is 5.32 Å². The SMILES string of the molecule is CCCNc1c(C)c(C)nc2c(F)cccc12. The number of halogens is 1. The first kappa shape index (κ1) is 11.8. The third-order valence-electron chi connectivity index (χ3n) is 3.01. The molecule has 17 heavy (non-hydrogen) atoms. The topological polar surface area (TPSA) is 24.9 Å². The largest absolute Gasteiger partial charge is 0.384 e. The highest BCUT2D eigenvalue weighted by Crippen LogP contribution is 2.29. The number of nitrogens with zero attached hydrogens (tertiary/aromatic N) is 1. The predicted octanol–water partition coefficient (Wildman–Crippen LogP) is 3.81. The molecule has 0 bridgehead atoms. The molecule has 0 aliphatic carbocycles. The number of nitrogens with one attached hydrogen (secondary N) is 1. The average Bonchev–Trinajstić information content (AvgIpc) is 2.31. The van der Waals surface area contributed by atoms with Crippen LogP contribution in [0.15, 0.2) is 18.2 Å². The number of rotatable bonds is 3. The molecule has 2 nitrogen and oxygen atoms in total. The molecule has 0 aliphatic rings. The molecule has 0 saturated heterocycles. The average molecular weight is 232 g/mol. The summed E-state index contributed by atoms with van der Waals surface area (Å²) in [5, 5.41) is 4.23. The van der Waals surface area contributed by atoms with Gasteiger partial charge in [-0.1, -0.05) is 19.1 Å². The number of fused-ring (bicyclic) bond motifs is 1. The molecule has 0 unspecified atom stereocenters. The van der Waals surface area contributed by atoms with Crippen LogP contribution in [-0.4, -0.2) is 11.5 Å². The van der Waals surface area contributed by atoms with Crippen LogP contribution in [0.3, 0.4) is 0 Å². The maximum atomic E-state index is 13.7. The van der Waals surface area contributed by atoms with Crippen molar-refractivity contribution in [3.05, 3.63) is 35.3 Å². The minimum Gasteiger partial charge on any atom is -0.384 e. The van der Waals surface area contributed by atoms with E-state index in [0.717, 1.165) is 35.3 Å². The van der Waals surface area contributed by atoms with Crippen molar-refractivity contribution < 1.29 is 4.39 Å². The van der Waals surface area contributed by atoms with Crippen molar-refractivity contribution in [3.63, 3.8) is 0 Å². The second kappa shape index (κ2) is 4.70. The van der Waals surface area contributed by atoms with Crippen LogP contribution in [0.4, 0.5) is 10.1 Å². The van der Waals surface area contributed by atoms with E-state index in [2.05, 4.69) is 17.2 Å². The Hall–Kier alpha value is -1.64. The minimum atomic E-state index is -0.259. The molecule has 1 aromatic carbocycles. The highest BCUT2D eigenvalue weighted by Gasteiger charge is 2.11. The number of benzene rings is 1. The lowest BCUT2D eigenvalue weighted by Gasteiger charge is -2.14. The van der Waals surface area contributed by atoms with Crippen molar-refractivity contribution in [2.45, 2.75) is 27.2 Å². The van der Waals surface area contributed by atoms with Gasteiger partial charge in [-0.25, -0.2) is 9.37 Å². The second-order valence-electron chi connectivity index (χ2n) is 4.26. The molecular weight excluding hydrogens is 215 g/mol. The fourth-order valence-corrected chi connectivity index (χ4v) is 1.94. The molecule has 0 saturated carbocycles. The first-order chi connectivity index (χ1) is 8.15. The number of para-hydroxylation sites is 1. The Kier molecular flexibility index (Phi) is 3.27. The normalized spacial score (nSPS) is 10.8. The lowest BCUT2D eigenvalue weighted by Crippen LogP contribution is -2.05. The smallest absolute Gasteiger partial charge is 0.149 e. The molecule has 2 aromatic rings. The molecule has 0 fully saturated rings. The van der Waals surface area contributed by atoms with Crippen LogP contribution < -0.4 is 5.32 Å². The number of aryl methyl sites for hydroxylation is 1. The van der Waals surface area contributed by atoms with Gasteiger partial charge in [0.15, 0.2) is 0 Å². The van der Waals surface area contributed by atoms with Crippen molar-refractivity contribution in [1.29, 1.82) is 0 Å². The Morgan fingerprint density at radius 1 is 1.29 bits per heavy atom. The van der Waals surface area contributed by atoms with Gasteiger partial charge in [0.2, 0.25) is 0 Å². The van der Waals surface area contributed by atoms with Gasteiger partial charge in [0.25, 0.3) is 0 Å². The fourth-order valence-electron chi connectivity index (χ4n) is 1.94. The van der Waals surface area contributed by atoms with Crippen molar-refractivity contribution in [1.82, 2.24) is 4.98 Å². The van der Waals surface area contributed by atoms with Crippen molar-refractivity contribution in [3.8, 4) is 0 Å². The highest BCUT2D eigenvalue weighted by molar-refractivity contribution is 5.93. The van der Waals surface area contributed by atoms with Crippen molar-refractivity contribution in [2.75, 3.05) is 11.9 Å². The van der Waals surface area contributed by atoms with Gasteiger partial charge in [-0.3, -0.25) is 0 Å². The maximum Gasteiger partial charge on any atom is 0.149 e. The Labute approximate surface area is 101 Å². The predicted molar refractivity (Wildman–Crippen MR) is 70.0 cm³/mol. The summed E-state index contributed by atoms with van der Waals surface area (Å²) < 4.78 is 13.7. The molecule has 0 amide bonds. The molecule has 90 valence electrons. The third-order valence-corrected chi connectivity index (χ3v) is 3.01. The third kappa shape index (κ3) is 2.09. The van der Waals surface area contributed by atoms with Gasteiger partial charge in [0.1, 0.15) is 11.3 Å². The van der Waals surface area contributed by atoms with Crippen LogP contribution in [0.2, 0.25) is 0 Å². The monoisotopic (exact) mass is 232 g/mol. The van der Waals surface area contributed by atoms with E-state index < -0.39 is 0 Å². The van der Waals surface area contributed by atoms with E-state index >= 15 is 0 Å². The van der Waals surface area contributed by atoms with E-state index in [1.54, 1.807) is 6.07 Å². The Morgan fingerprint density at radius 3 is 2.76 bits per heavy atom. The zero-order chi connectivity index (χ0) is 12.4. The maximum absolute atomic E-state index is 13.7. The van der Waals surface area contributed by atoms with E-state index in [9.17, 15) is 4.39 Å². The minimum absolute atomic E-state index is 0.259. The molecule has 1 aromatic heterocycles. The summed E-state index contributed by atoms with van der Waals surface area (Å²) in [5.74, 6) is -0.259. The molecule has 0 atom stereocenters. The van der Waals surface area contributed by atoms with Crippen LogP contribution in [0.25, 0.3) is 10.9 Å². The van der Waals surface area contributed by atoms with Crippen LogP contribution in [0.5, 0.6) is 0 Å². The van der Waals surface area contributed by atoms with E-state index in [4.69, 9.17) is 0 Å². The Balaban J connectivity index is 2.69. The number of anilines is 1. The summed E-state index contributed by atoms with van der Waals surface area (Å²) >= 11 is 0. The number of hydrogen-bond acceptors (Lipinski definition) is 2. The van der Waals surface area contributed by atoms with E-state index in [0.29, 0.717) is 5.52 Å². The quantitative estimate of drug-likeness (QED) is 0.870. The van der Waals surface area contributed by atoms with Gasteiger partial charge in [-0.2, -0.15) is 0 Å². The number of pyridine rings is 1. The zero-order valence-electron chi connectivity index (χ0n) is 10.5. The Morgan fingerprint density at radius 2 is 2.06 bits per heavy atom. The van der Waals surface area contributed by atoms with Crippen LogP contribution >= 0.6 is 0 Å². The second-order valence-corrected chi connectivity index (χ2v) is 4.26. The number of hydrogen-bond donors (Lipinski definition) is 1. The summed E-state index contributed by atoms with van der Waals surface area (Å²) in [7, 11) is 0. The van der Waals surface area contributed by atoms with Gasteiger partial charge in [-0.15, -0.1) is 0 Å². The molecule has 3 heteroatoms. The van der Waals surface area contributed by atoms with E-state index in [1.807, 2.05) is 19.9 Å². The fraction of sp³-hybridized carbons (Fsp3) is 0.357. The van der Waals surface area contributed by atoms with Crippen molar-refractivity contribution in [2.24, 2.45) is 0 Å². The molecule has 0 radical (unpaired) electrons. The first-order valence-electron chi connectivity index (χ1n) is 5.94. The van der Waals surface area contributed by atoms with E-state index in [-0.39, 0.29) is 5.82 Å². The van der Waals surface area contributed by atoms with Crippen LogP contribution in [-0.2, 0) is 0 Å². The summed E-state index contributed by atoms with van der Waals surface area (Å²) in [4.78, 5) is 4.33. The lowest BCUT2D eigenvalue weighted by atomic mass is 10.1. The summed E-state index contributed by atoms with van der Waals surface area (Å²) in [6.45, 7) is 6.93. The highest BCUT2D eigenvalue weighted by atomic mass is 19.1. The van der Waals surface area contributed by atoms with Gasteiger partial charge in [0.05, 0.1) is 0 Å². The summed E-state index contributed by atoms with van der Waals surface area (Å²) in [5.41, 5.74) is 3.43. The van der Waals surface area contributed by atoms with Gasteiger partial charge >= 0.3 is 0 Å². The van der Waals surface area contributed by atoms with Crippen LogP contribution in [0.1, 0.15) is 24.6 Å². The molecule has 2 rings (SSSR count). The standard InChI is InChI=1S/C14H17FN2/c1-4-8-16-13-9(2)10(3)17-14-11(13)6-5-7-12(14)15/h5-7H,4,8H2,1-3H3,(H,16,17). The molecular formula is C14H17FN2. The van der Waals surface area contributed by atoms with Crippen molar-refractivity contribution >= 4 is 16.6 Å². The lowest BCUT2D eigenvalue weighted by molar-refractivity contribution is 0.636.